The topological polar surface area (TPSA) is 0 Å². The van der Waals surface area contributed by atoms with Crippen LogP contribution in [0.4, 0.5) is 8.78 Å². The van der Waals surface area contributed by atoms with Gasteiger partial charge in [0.05, 0.1) is 0 Å². The average Bonchev–Trinajstić information content (AvgIpc) is 1.73. The molecule has 0 aromatic rings. The zero-order chi connectivity index (χ0) is 9.35. The van der Waals surface area contributed by atoms with Gasteiger partial charge in [-0.2, -0.15) is 0 Å². The molecule has 0 bridgehead atoms. The highest BCUT2D eigenvalue weighted by atomic mass is 19.3. The average molecular weight is 176 g/mol. The second kappa shape index (κ2) is 3.31. The lowest BCUT2D eigenvalue weighted by Crippen LogP contribution is -2.34. The summed E-state index contributed by atoms with van der Waals surface area (Å²) < 4.78 is 23.9. The Morgan fingerprint density at radius 2 is 1.75 bits per heavy atom. The molecule has 0 spiro atoms. The molecule has 1 fully saturated rings. The molecule has 0 N–H and O–H groups in total. The van der Waals surface area contributed by atoms with Crippen LogP contribution in [-0.4, -0.2) is 6.43 Å². The molecular formula is C10H18F2. The van der Waals surface area contributed by atoms with E-state index in [0.717, 1.165) is 12.8 Å². The lowest BCUT2D eigenvalue weighted by atomic mass is 9.62. The third kappa shape index (κ3) is 2.43. The smallest absolute Gasteiger partial charge is 0.211 e. The predicted octanol–water partition coefficient (Wildman–Crippen LogP) is 3.71. The maximum atomic E-state index is 11.9. The predicted molar refractivity (Wildman–Crippen MR) is 46.3 cm³/mol. The molecule has 0 amide bonds. The highest BCUT2D eigenvalue weighted by Crippen LogP contribution is 2.47. The molecule has 72 valence electrons. The van der Waals surface area contributed by atoms with Crippen LogP contribution in [0, 0.1) is 17.3 Å². The van der Waals surface area contributed by atoms with E-state index in [2.05, 4.69) is 20.8 Å². The molecule has 1 aliphatic carbocycles. The summed E-state index contributed by atoms with van der Waals surface area (Å²) >= 11 is 0. The van der Waals surface area contributed by atoms with E-state index in [4.69, 9.17) is 0 Å². The minimum atomic E-state index is -2.10. The lowest BCUT2D eigenvalue weighted by Gasteiger charge is -2.43. The third-order valence-corrected chi connectivity index (χ3v) is 2.97. The highest BCUT2D eigenvalue weighted by molar-refractivity contribution is 4.87. The highest BCUT2D eigenvalue weighted by Gasteiger charge is 2.37. The van der Waals surface area contributed by atoms with Gasteiger partial charge >= 0.3 is 0 Å². The second-order valence-corrected chi connectivity index (χ2v) is 5.03. The summed E-state index contributed by atoms with van der Waals surface area (Å²) in [5.74, 6) is 0.968. The maximum Gasteiger partial charge on any atom is 0.238 e. The van der Waals surface area contributed by atoms with Gasteiger partial charge in [-0.25, -0.2) is 8.78 Å². The van der Waals surface area contributed by atoms with E-state index in [0.29, 0.717) is 17.3 Å². The van der Waals surface area contributed by atoms with Crippen molar-refractivity contribution in [2.45, 2.75) is 46.5 Å². The van der Waals surface area contributed by atoms with Gasteiger partial charge < -0.3 is 0 Å². The van der Waals surface area contributed by atoms with Crippen LogP contribution in [0.3, 0.4) is 0 Å². The number of hydrogen-bond donors (Lipinski definition) is 0. The van der Waals surface area contributed by atoms with Crippen LogP contribution in [-0.2, 0) is 0 Å². The molecule has 12 heavy (non-hydrogen) atoms. The standard InChI is InChI=1S/C10H18F2/c1-10(2,3)8-4-7(5-8)6-9(11)12/h7-9H,4-6H2,1-3H3. The van der Waals surface area contributed by atoms with E-state index in [-0.39, 0.29) is 6.42 Å². The van der Waals surface area contributed by atoms with Crippen LogP contribution >= 0.6 is 0 Å². The van der Waals surface area contributed by atoms with Crippen molar-refractivity contribution in [2.75, 3.05) is 0 Å². The molecule has 0 aromatic carbocycles. The summed E-state index contributed by atoms with van der Waals surface area (Å²) in [6.45, 7) is 6.57. The van der Waals surface area contributed by atoms with Gasteiger partial charge in [-0.05, 0) is 30.1 Å². The van der Waals surface area contributed by atoms with Crippen LogP contribution in [0.25, 0.3) is 0 Å². The summed E-state index contributed by atoms with van der Waals surface area (Å²) in [5.41, 5.74) is 0.318. The molecule has 0 aromatic heterocycles. The first kappa shape index (κ1) is 9.94. The Morgan fingerprint density at radius 3 is 2.08 bits per heavy atom. The maximum absolute atomic E-state index is 11.9. The minimum Gasteiger partial charge on any atom is -0.211 e. The summed E-state index contributed by atoms with van der Waals surface area (Å²) in [4.78, 5) is 0. The van der Waals surface area contributed by atoms with Crippen molar-refractivity contribution in [1.29, 1.82) is 0 Å². The molecule has 0 atom stereocenters. The normalized spacial score (nSPS) is 30.5. The van der Waals surface area contributed by atoms with E-state index in [1.807, 2.05) is 0 Å². The number of alkyl halides is 2. The fourth-order valence-electron chi connectivity index (χ4n) is 1.89. The van der Waals surface area contributed by atoms with Gasteiger partial charge in [0.15, 0.2) is 0 Å². The van der Waals surface area contributed by atoms with E-state index in [9.17, 15) is 8.78 Å². The summed E-state index contributed by atoms with van der Waals surface area (Å²) in [7, 11) is 0. The molecule has 1 saturated carbocycles. The molecule has 0 radical (unpaired) electrons. The summed E-state index contributed by atoms with van der Waals surface area (Å²) in [5, 5.41) is 0. The Bertz CT molecular complexity index is 140. The fraction of sp³-hybridized carbons (Fsp3) is 1.00. The molecule has 0 aliphatic heterocycles. The number of halogens is 2. The Morgan fingerprint density at radius 1 is 1.25 bits per heavy atom. The molecule has 2 heteroatoms. The van der Waals surface area contributed by atoms with Gasteiger partial charge in [0, 0.05) is 6.42 Å². The molecular weight excluding hydrogens is 158 g/mol. The van der Waals surface area contributed by atoms with Gasteiger partial charge in [-0.1, -0.05) is 20.8 Å². The van der Waals surface area contributed by atoms with Crippen molar-refractivity contribution in [3.05, 3.63) is 0 Å². The van der Waals surface area contributed by atoms with Crippen molar-refractivity contribution >= 4 is 0 Å². The summed E-state index contributed by atoms with van der Waals surface area (Å²) in [6, 6.07) is 0. The molecule has 0 unspecified atom stereocenters. The van der Waals surface area contributed by atoms with Gasteiger partial charge in [-0.15, -0.1) is 0 Å². The molecule has 0 saturated heterocycles. The van der Waals surface area contributed by atoms with Crippen molar-refractivity contribution in [1.82, 2.24) is 0 Å². The van der Waals surface area contributed by atoms with E-state index in [1.165, 1.54) is 0 Å². The first-order chi connectivity index (χ1) is 5.39. The molecule has 0 nitrogen and oxygen atoms in total. The van der Waals surface area contributed by atoms with Gasteiger partial charge in [0.25, 0.3) is 0 Å². The SMILES string of the molecule is CC(C)(C)C1CC(CC(F)F)C1. The zero-order valence-electron chi connectivity index (χ0n) is 8.11. The van der Waals surface area contributed by atoms with Crippen molar-refractivity contribution < 1.29 is 8.78 Å². The Hall–Kier alpha value is -0.140. The van der Waals surface area contributed by atoms with Crippen molar-refractivity contribution in [2.24, 2.45) is 17.3 Å². The largest absolute Gasteiger partial charge is 0.238 e. The quantitative estimate of drug-likeness (QED) is 0.601. The van der Waals surface area contributed by atoms with E-state index >= 15 is 0 Å². The first-order valence-electron chi connectivity index (χ1n) is 4.67. The van der Waals surface area contributed by atoms with Crippen molar-refractivity contribution in [3.63, 3.8) is 0 Å². The Balaban J connectivity index is 2.20. The second-order valence-electron chi connectivity index (χ2n) is 5.03. The van der Waals surface area contributed by atoms with Crippen LogP contribution in [0.2, 0.25) is 0 Å². The van der Waals surface area contributed by atoms with Crippen LogP contribution < -0.4 is 0 Å². The molecule has 1 rings (SSSR count). The Kier molecular flexibility index (Phi) is 2.74. The van der Waals surface area contributed by atoms with Crippen molar-refractivity contribution in [3.8, 4) is 0 Å². The van der Waals surface area contributed by atoms with E-state index < -0.39 is 6.43 Å². The zero-order valence-corrected chi connectivity index (χ0v) is 8.11. The van der Waals surface area contributed by atoms with Crippen LogP contribution in [0.1, 0.15) is 40.0 Å². The lowest BCUT2D eigenvalue weighted by molar-refractivity contribution is 0.0249. The number of hydrogen-bond acceptors (Lipinski definition) is 0. The number of rotatable bonds is 2. The van der Waals surface area contributed by atoms with Crippen LogP contribution in [0.15, 0.2) is 0 Å². The fourth-order valence-corrected chi connectivity index (χ4v) is 1.89. The van der Waals surface area contributed by atoms with E-state index in [1.54, 1.807) is 0 Å². The first-order valence-corrected chi connectivity index (χ1v) is 4.67. The minimum absolute atomic E-state index is 0.118. The molecule has 0 heterocycles. The van der Waals surface area contributed by atoms with Gasteiger partial charge in [0.2, 0.25) is 6.43 Å². The third-order valence-electron chi connectivity index (χ3n) is 2.97. The Labute approximate surface area is 73.3 Å². The monoisotopic (exact) mass is 176 g/mol. The van der Waals surface area contributed by atoms with Crippen LogP contribution in [0.5, 0.6) is 0 Å². The molecule has 1 aliphatic rings. The van der Waals surface area contributed by atoms with Gasteiger partial charge in [-0.3, -0.25) is 0 Å². The van der Waals surface area contributed by atoms with Gasteiger partial charge in [0.1, 0.15) is 0 Å². The summed E-state index contributed by atoms with van der Waals surface area (Å²) in [6.07, 6.45) is 0.0322.